The average molecular weight is 414 g/mol. The first-order valence-electron chi connectivity index (χ1n) is 9.25. The molecule has 3 aromatic rings. The molecule has 2 aromatic carbocycles. The standard InChI is InChI=1S/C22H17F3N2O3/c23-22(24,25)17-4-1-9-26-20(17)14-5-8-18-13(11-14)3-2-10-27(18)21(30)16-7-6-15(28)12-19(16)29/h1,4-9,11-12,28-29H,2-3,10H2. The topological polar surface area (TPSA) is 73.7 Å². The van der Waals surface area contributed by atoms with E-state index in [1.165, 1.54) is 35.4 Å². The number of aromatic hydroxyl groups is 2. The van der Waals surface area contributed by atoms with Crippen LogP contribution < -0.4 is 4.90 Å². The zero-order valence-corrected chi connectivity index (χ0v) is 15.6. The van der Waals surface area contributed by atoms with Gasteiger partial charge in [0.15, 0.2) is 0 Å². The van der Waals surface area contributed by atoms with Gasteiger partial charge < -0.3 is 15.1 Å². The molecule has 0 fully saturated rings. The molecule has 0 saturated carbocycles. The van der Waals surface area contributed by atoms with Gasteiger partial charge in [0, 0.05) is 30.1 Å². The number of phenols is 2. The van der Waals surface area contributed by atoms with Crippen LogP contribution in [0.1, 0.15) is 27.9 Å². The number of alkyl halides is 3. The summed E-state index contributed by atoms with van der Waals surface area (Å²) >= 11 is 0. The van der Waals surface area contributed by atoms with Gasteiger partial charge in [0.05, 0.1) is 16.8 Å². The number of carbonyl (C=O) groups is 1. The lowest BCUT2D eigenvalue weighted by Crippen LogP contribution is -2.35. The maximum Gasteiger partial charge on any atom is 0.418 e. The van der Waals surface area contributed by atoms with Crippen LogP contribution in [0.2, 0.25) is 0 Å². The molecule has 5 nitrogen and oxygen atoms in total. The molecule has 0 bridgehead atoms. The van der Waals surface area contributed by atoms with Gasteiger partial charge in [-0.1, -0.05) is 6.07 Å². The Balaban J connectivity index is 1.73. The molecule has 1 aromatic heterocycles. The summed E-state index contributed by atoms with van der Waals surface area (Å²) in [6.07, 6.45) is -2.00. The van der Waals surface area contributed by atoms with Gasteiger partial charge in [-0.15, -0.1) is 0 Å². The van der Waals surface area contributed by atoms with E-state index in [2.05, 4.69) is 4.98 Å². The molecule has 30 heavy (non-hydrogen) atoms. The van der Waals surface area contributed by atoms with E-state index in [9.17, 15) is 28.2 Å². The molecule has 8 heteroatoms. The Labute approximate surface area is 170 Å². The number of anilines is 1. The fraction of sp³-hybridized carbons (Fsp3) is 0.182. The van der Waals surface area contributed by atoms with Crippen LogP contribution in [0.5, 0.6) is 11.5 Å². The minimum atomic E-state index is -4.53. The summed E-state index contributed by atoms with van der Waals surface area (Å²) in [5.41, 5.74) is 0.684. The highest BCUT2D eigenvalue weighted by molar-refractivity contribution is 6.08. The number of hydrogen-bond donors (Lipinski definition) is 2. The number of aromatic nitrogens is 1. The molecule has 2 heterocycles. The van der Waals surface area contributed by atoms with Crippen LogP contribution in [-0.4, -0.2) is 27.6 Å². The number of aryl methyl sites for hydroxylation is 1. The number of pyridine rings is 1. The van der Waals surface area contributed by atoms with Gasteiger partial charge in [-0.3, -0.25) is 9.78 Å². The highest BCUT2D eigenvalue weighted by atomic mass is 19.4. The highest BCUT2D eigenvalue weighted by Gasteiger charge is 2.34. The number of fused-ring (bicyclic) bond motifs is 1. The van der Waals surface area contributed by atoms with E-state index >= 15 is 0 Å². The molecule has 2 N–H and O–H groups in total. The average Bonchev–Trinajstić information content (AvgIpc) is 2.72. The second-order valence-electron chi connectivity index (χ2n) is 7.00. The Morgan fingerprint density at radius 3 is 2.60 bits per heavy atom. The van der Waals surface area contributed by atoms with E-state index < -0.39 is 17.6 Å². The summed E-state index contributed by atoms with van der Waals surface area (Å²) in [6.45, 7) is 0.406. The maximum atomic E-state index is 13.4. The van der Waals surface area contributed by atoms with Gasteiger partial charge in [0.2, 0.25) is 0 Å². The van der Waals surface area contributed by atoms with Gasteiger partial charge in [-0.2, -0.15) is 13.2 Å². The lowest BCUT2D eigenvalue weighted by atomic mass is 9.95. The van der Waals surface area contributed by atoms with Gasteiger partial charge in [0.1, 0.15) is 11.5 Å². The summed E-state index contributed by atoms with van der Waals surface area (Å²) in [7, 11) is 0. The molecule has 0 radical (unpaired) electrons. The number of benzene rings is 2. The molecule has 1 amide bonds. The van der Waals surface area contributed by atoms with Gasteiger partial charge in [-0.25, -0.2) is 0 Å². The molecule has 1 aliphatic heterocycles. The molecular formula is C22H17F3N2O3. The quantitative estimate of drug-likeness (QED) is 0.634. The van der Waals surface area contributed by atoms with Crippen molar-refractivity contribution in [3.63, 3.8) is 0 Å². The number of phenolic OH excluding ortho intramolecular Hbond substituents is 2. The van der Waals surface area contributed by atoms with Crippen LogP contribution in [0, 0.1) is 0 Å². The number of amides is 1. The van der Waals surface area contributed by atoms with Crippen molar-refractivity contribution in [3.05, 3.63) is 71.4 Å². The summed E-state index contributed by atoms with van der Waals surface area (Å²) in [6, 6.07) is 10.7. The highest BCUT2D eigenvalue weighted by Crippen LogP contribution is 2.38. The van der Waals surface area contributed by atoms with E-state index in [0.717, 1.165) is 17.7 Å². The fourth-order valence-corrected chi connectivity index (χ4v) is 3.67. The first-order chi connectivity index (χ1) is 14.3. The Morgan fingerprint density at radius 1 is 1.07 bits per heavy atom. The second kappa shape index (κ2) is 7.37. The van der Waals surface area contributed by atoms with E-state index in [-0.39, 0.29) is 22.8 Å². The van der Waals surface area contributed by atoms with Crippen molar-refractivity contribution < 1.29 is 28.2 Å². The normalized spacial score (nSPS) is 13.8. The molecule has 154 valence electrons. The molecule has 4 rings (SSSR count). The van der Waals surface area contributed by atoms with Crippen molar-refractivity contribution >= 4 is 11.6 Å². The zero-order valence-electron chi connectivity index (χ0n) is 15.6. The van der Waals surface area contributed by atoms with Crippen molar-refractivity contribution in [2.75, 3.05) is 11.4 Å². The largest absolute Gasteiger partial charge is 0.508 e. The molecule has 0 saturated heterocycles. The zero-order chi connectivity index (χ0) is 21.5. The Hall–Kier alpha value is -3.55. The summed E-state index contributed by atoms with van der Waals surface area (Å²) in [4.78, 5) is 18.4. The Morgan fingerprint density at radius 2 is 1.87 bits per heavy atom. The molecule has 0 spiro atoms. The van der Waals surface area contributed by atoms with Crippen molar-refractivity contribution in [1.29, 1.82) is 0 Å². The lowest BCUT2D eigenvalue weighted by Gasteiger charge is -2.30. The molecule has 0 aliphatic carbocycles. The summed E-state index contributed by atoms with van der Waals surface area (Å²) < 4.78 is 40.1. The second-order valence-corrected chi connectivity index (χ2v) is 7.00. The third-order valence-electron chi connectivity index (χ3n) is 5.04. The van der Waals surface area contributed by atoms with Crippen molar-refractivity contribution in [1.82, 2.24) is 4.98 Å². The molecular weight excluding hydrogens is 397 g/mol. The number of halogens is 3. The summed E-state index contributed by atoms with van der Waals surface area (Å²) in [5, 5.41) is 19.5. The van der Waals surface area contributed by atoms with Crippen LogP contribution in [0.15, 0.2) is 54.7 Å². The predicted octanol–water partition coefficient (Wildman–Crippen LogP) is 4.77. The fourth-order valence-electron chi connectivity index (χ4n) is 3.67. The van der Waals surface area contributed by atoms with E-state index in [4.69, 9.17) is 0 Å². The maximum absolute atomic E-state index is 13.4. The Kier molecular flexibility index (Phi) is 4.85. The number of rotatable bonds is 2. The lowest BCUT2D eigenvalue weighted by molar-refractivity contribution is -0.137. The van der Waals surface area contributed by atoms with Gasteiger partial charge in [-0.05, 0) is 54.8 Å². The summed E-state index contributed by atoms with van der Waals surface area (Å²) in [5.74, 6) is -0.953. The van der Waals surface area contributed by atoms with Crippen LogP contribution in [0.3, 0.4) is 0 Å². The van der Waals surface area contributed by atoms with Crippen LogP contribution in [-0.2, 0) is 12.6 Å². The third kappa shape index (κ3) is 3.56. The minimum Gasteiger partial charge on any atom is -0.508 e. The smallest absolute Gasteiger partial charge is 0.418 e. The first kappa shape index (κ1) is 19.8. The Bertz CT molecular complexity index is 1130. The van der Waals surface area contributed by atoms with Crippen LogP contribution in [0.4, 0.5) is 18.9 Å². The SMILES string of the molecule is O=C(c1ccc(O)cc1O)N1CCCc2cc(-c3ncccc3C(F)(F)F)ccc21. The van der Waals surface area contributed by atoms with Crippen molar-refractivity contribution in [3.8, 4) is 22.8 Å². The van der Waals surface area contributed by atoms with Gasteiger partial charge in [0.25, 0.3) is 5.91 Å². The molecule has 1 aliphatic rings. The van der Waals surface area contributed by atoms with Crippen molar-refractivity contribution in [2.24, 2.45) is 0 Å². The number of hydrogen-bond acceptors (Lipinski definition) is 4. The minimum absolute atomic E-state index is 0.0359. The number of nitrogens with zero attached hydrogens (tertiary/aromatic N) is 2. The number of carbonyl (C=O) groups excluding carboxylic acids is 1. The van der Waals surface area contributed by atoms with E-state index in [1.807, 2.05) is 0 Å². The predicted molar refractivity (Wildman–Crippen MR) is 104 cm³/mol. The van der Waals surface area contributed by atoms with Crippen LogP contribution in [0.25, 0.3) is 11.3 Å². The molecule has 0 atom stereocenters. The van der Waals surface area contributed by atoms with Gasteiger partial charge >= 0.3 is 6.18 Å². The van der Waals surface area contributed by atoms with E-state index in [1.54, 1.807) is 12.1 Å². The molecule has 0 unspecified atom stereocenters. The monoisotopic (exact) mass is 414 g/mol. The first-order valence-corrected chi connectivity index (χ1v) is 9.25. The van der Waals surface area contributed by atoms with E-state index in [0.29, 0.717) is 30.6 Å². The van der Waals surface area contributed by atoms with Crippen molar-refractivity contribution in [2.45, 2.75) is 19.0 Å². The third-order valence-corrected chi connectivity index (χ3v) is 5.04. The van der Waals surface area contributed by atoms with Crippen LogP contribution >= 0.6 is 0 Å².